The Morgan fingerprint density at radius 3 is 2.55 bits per heavy atom. The average molecular weight is 301 g/mol. The first kappa shape index (κ1) is 16.2. The molecule has 22 heavy (non-hydrogen) atoms. The Bertz CT molecular complexity index is 719. The highest BCUT2D eigenvalue weighted by Gasteiger charge is 2.19. The van der Waals surface area contributed by atoms with Crippen molar-refractivity contribution in [2.75, 3.05) is 0 Å². The molecular weight excluding hydrogens is 278 g/mol. The van der Waals surface area contributed by atoms with Crippen molar-refractivity contribution < 1.29 is 4.79 Å². The third-order valence-electron chi connectivity index (χ3n) is 3.51. The van der Waals surface area contributed by atoms with Crippen LogP contribution in [0.5, 0.6) is 0 Å². The second-order valence-corrected chi connectivity index (χ2v) is 6.24. The zero-order chi connectivity index (χ0) is 16.3. The van der Waals surface area contributed by atoms with Gasteiger partial charge in [-0.15, -0.1) is 0 Å². The molecule has 1 N–H and O–H groups in total. The number of benzene rings is 1. The van der Waals surface area contributed by atoms with Gasteiger partial charge in [-0.25, -0.2) is 4.98 Å². The van der Waals surface area contributed by atoms with E-state index in [1.807, 2.05) is 45.9 Å². The fourth-order valence-corrected chi connectivity index (χ4v) is 2.40. The van der Waals surface area contributed by atoms with Crippen LogP contribution in [0, 0.1) is 5.92 Å². The maximum atomic E-state index is 12.4. The maximum Gasteiger partial charge on any atom is 0.258 e. The van der Waals surface area contributed by atoms with Gasteiger partial charge in [0.05, 0.1) is 17.4 Å². The Labute approximate surface area is 130 Å². The molecule has 2 aromatic rings. The smallest absolute Gasteiger partial charge is 0.258 e. The van der Waals surface area contributed by atoms with Crippen molar-refractivity contribution in [1.29, 1.82) is 0 Å². The minimum absolute atomic E-state index is 0.0584. The molecule has 0 aliphatic rings. The van der Waals surface area contributed by atoms with E-state index in [1.54, 1.807) is 11.0 Å². The van der Waals surface area contributed by atoms with Crippen molar-refractivity contribution >= 4 is 16.8 Å². The predicted octanol–water partition coefficient (Wildman–Crippen LogP) is 2.71. The molecule has 0 saturated heterocycles. The van der Waals surface area contributed by atoms with Crippen LogP contribution in [0.2, 0.25) is 0 Å². The Kier molecular flexibility index (Phi) is 4.96. The fourth-order valence-electron chi connectivity index (χ4n) is 2.40. The number of carbonyl (C=O) groups is 1. The average Bonchev–Trinajstić information content (AvgIpc) is 2.43. The topological polar surface area (TPSA) is 66.1 Å². The molecule has 5 heteroatoms. The van der Waals surface area contributed by atoms with Crippen LogP contribution in [0.15, 0.2) is 29.1 Å². The number of aromatic nitrogens is 2. The predicted molar refractivity (Wildman–Crippen MR) is 87.5 cm³/mol. The Balaban J connectivity index is 2.30. The normalized spacial score (nSPS) is 11.4. The van der Waals surface area contributed by atoms with Gasteiger partial charge in [-0.2, -0.15) is 0 Å². The van der Waals surface area contributed by atoms with Gasteiger partial charge in [-0.1, -0.05) is 26.0 Å². The third kappa shape index (κ3) is 3.72. The van der Waals surface area contributed by atoms with Gasteiger partial charge < -0.3 is 9.88 Å². The molecule has 0 aliphatic carbocycles. The molecule has 118 valence electrons. The number of fused-ring (bicyclic) bond motifs is 1. The monoisotopic (exact) mass is 301 g/mol. The van der Waals surface area contributed by atoms with Crippen LogP contribution in [0.4, 0.5) is 0 Å². The molecule has 0 radical (unpaired) electrons. The molecule has 5 nitrogen and oxygen atoms in total. The number of hydrogen-bond acceptors (Lipinski definition) is 3. The first-order chi connectivity index (χ1) is 10.4. The summed E-state index contributed by atoms with van der Waals surface area (Å²) < 4.78 is 0. The van der Waals surface area contributed by atoms with E-state index in [1.165, 1.54) is 0 Å². The van der Waals surface area contributed by atoms with E-state index in [9.17, 15) is 9.59 Å². The van der Waals surface area contributed by atoms with Crippen LogP contribution in [0.3, 0.4) is 0 Å². The summed E-state index contributed by atoms with van der Waals surface area (Å²) in [5.74, 6) is 0.910. The first-order valence-electron chi connectivity index (χ1n) is 7.66. The number of aromatic amines is 1. The molecule has 0 atom stereocenters. The van der Waals surface area contributed by atoms with E-state index in [4.69, 9.17) is 0 Å². The highest BCUT2D eigenvalue weighted by Crippen LogP contribution is 2.12. The molecule has 1 heterocycles. The number of nitrogens with zero attached hydrogens (tertiary/aromatic N) is 2. The number of amides is 1. The molecule has 2 rings (SSSR count). The lowest BCUT2D eigenvalue weighted by molar-refractivity contribution is -0.134. The largest absolute Gasteiger partial charge is 0.333 e. The lowest BCUT2D eigenvalue weighted by Gasteiger charge is -2.27. The third-order valence-corrected chi connectivity index (χ3v) is 3.51. The summed E-state index contributed by atoms with van der Waals surface area (Å²) in [6, 6.07) is 7.27. The summed E-state index contributed by atoms with van der Waals surface area (Å²) in [5.41, 5.74) is 0.488. The van der Waals surface area contributed by atoms with Gasteiger partial charge in [0.2, 0.25) is 5.91 Å². The summed E-state index contributed by atoms with van der Waals surface area (Å²) in [6.07, 6.45) is 0.496. The summed E-state index contributed by atoms with van der Waals surface area (Å²) in [7, 11) is 0. The number of rotatable bonds is 5. The van der Waals surface area contributed by atoms with Crippen LogP contribution in [-0.2, 0) is 11.3 Å². The van der Waals surface area contributed by atoms with Gasteiger partial charge in [-0.3, -0.25) is 9.59 Å². The van der Waals surface area contributed by atoms with Crippen LogP contribution in [0.1, 0.15) is 39.9 Å². The van der Waals surface area contributed by atoms with Gasteiger partial charge >= 0.3 is 0 Å². The van der Waals surface area contributed by atoms with E-state index in [0.717, 1.165) is 0 Å². The van der Waals surface area contributed by atoms with Gasteiger partial charge in [0.25, 0.3) is 5.56 Å². The molecule has 0 bridgehead atoms. The zero-order valence-electron chi connectivity index (χ0n) is 13.6. The van der Waals surface area contributed by atoms with Crippen molar-refractivity contribution in [3.8, 4) is 0 Å². The molecular formula is C17H23N3O2. The van der Waals surface area contributed by atoms with Crippen molar-refractivity contribution in [2.45, 2.75) is 46.7 Å². The van der Waals surface area contributed by atoms with E-state index in [-0.39, 0.29) is 17.5 Å². The standard InChI is InChI=1S/C17H23N3O2/c1-11(2)9-16(21)20(12(3)4)10-15-18-14-8-6-5-7-13(14)17(22)19-15/h5-8,11-12H,9-10H2,1-4H3,(H,18,19,22). The summed E-state index contributed by atoms with van der Waals surface area (Å²) in [5, 5.41) is 0.566. The molecule has 0 spiro atoms. The van der Waals surface area contributed by atoms with Gasteiger partial charge in [-0.05, 0) is 31.9 Å². The van der Waals surface area contributed by atoms with Crippen LogP contribution >= 0.6 is 0 Å². The molecule has 1 aromatic carbocycles. The minimum atomic E-state index is -0.166. The number of nitrogens with one attached hydrogen (secondary N) is 1. The zero-order valence-corrected chi connectivity index (χ0v) is 13.6. The second kappa shape index (κ2) is 6.73. The quantitative estimate of drug-likeness (QED) is 0.923. The van der Waals surface area contributed by atoms with Crippen molar-refractivity contribution in [2.24, 2.45) is 5.92 Å². The highest BCUT2D eigenvalue weighted by atomic mass is 16.2. The molecule has 0 fully saturated rings. The molecule has 0 saturated carbocycles. The SMILES string of the molecule is CC(C)CC(=O)N(Cc1nc2ccccc2c(=O)[nH]1)C(C)C. The van der Waals surface area contributed by atoms with Crippen molar-refractivity contribution in [3.05, 3.63) is 40.4 Å². The lowest BCUT2D eigenvalue weighted by atomic mass is 10.1. The first-order valence-corrected chi connectivity index (χ1v) is 7.66. The summed E-state index contributed by atoms with van der Waals surface area (Å²) in [6.45, 7) is 8.30. The van der Waals surface area contributed by atoms with Gasteiger partial charge in [0, 0.05) is 12.5 Å². The van der Waals surface area contributed by atoms with Crippen molar-refractivity contribution in [1.82, 2.24) is 14.9 Å². The van der Waals surface area contributed by atoms with E-state index in [2.05, 4.69) is 9.97 Å². The minimum Gasteiger partial charge on any atom is -0.333 e. The van der Waals surface area contributed by atoms with Crippen LogP contribution < -0.4 is 5.56 Å². The Morgan fingerprint density at radius 2 is 1.91 bits per heavy atom. The van der Waals surface area contributed by atoms with E-state index >= 15 is 0 Å². The van der Waals surface area contributed by atoms with E-state index in [0.29, 0.717) is 35.6 Å². The van der Waals surface area contributed by atoms with E-state index < -0.39 is 0 Å². The Morgan fingerprint density at radius 1 is 1.23 bits per heavy atom. The molecule has 0 unspecified atom stereocenters. The number of hydrogen-bond donors (Lipinski definition) is 1. The summed E-state index contributed by atoms with van der Waals surface area (Å²) in [4.78, 5) is 33.5. The summed E-state index contributed by atoms with van der Waals surface area (Å²) >= 11 is 0. The van der Waals surface area contributed by atoms with Gasteiger partial charge in [0.15, 0.2) is 0 Å². The molecule has 1 aromatic heterocycles. The maximum absolute atomic E-state index is 12.4. The number of para-hydroxylation sites is 1. The van der Waals surface area contributed by atoms with Crippen molar-refractivity contribution in [3.63, 3.8) is 0 Å². The number of H-pyrrole nitrogens is 1. The fraction of sp³-hybridized carbons (Fsp3) is 0.471. The number of carbonyl (C=O) groups excluding carboxylic acids is 1. The van der Waals surface area contributed by atoms with Crippen LogP contribution in [-0.4, -0.2) is 26.8 Å². The van der Waals surface area contributed by atoms with Crippen LogP contribution in [0.25, 0.3) is 10.9 Å². The molecule has 1 amide bonds. The van der Waals surface area contributed by atoms with Gasteiger partial charge in [0.1, 0.15) is 5.82 Å². The highest BCUT2D eigenvalue weighted by molar-refractivity contribution is 5.78. The molecule has 0 aliphatic heterocycles. The second-order valence-electron chi connectivity index (χ2n) is 6.24. The lowest BCUT2D eigenvalue weighted by Crippen LogP contribution is -2.38. The Hall–Kier alpha value is -2.17.